The second-order valence-electron chi connectivity index (χ2n) is 3.96. The van der Waals surface area contributed by atoms with Gasteiger partial charge in [-0.05, 0) is 34.1 Å². The molecule has 0 spiro atoms. The van der Waals surface area contributed by atoms with Crippen molar-refractivity contribution in [3.63, 3.8) is 0 Å². The summed E-state index contributed by atoms with van der Waals surface area (Å²) in [7, 11) is 3.35. The van der Waals surface area contributed by atoms with E-state index in [4.69, 9.17) is 4.74 Å². The monoisotopic (exact) mass is 403 g/mol. The Bertz CT molecular complexity index is 637. The van der Waals surface area contributed by atoms with Gasteiger partial charge in [0.15, 0.2) is 5.82 Å². The molecule has 106 valence electrons. The minimum atomic E-state index is -0.339. The number of nitrogens with one attached hydrogen (secondary N) is 1. The van der Waals surface area contributed by atoms with Gasteiger partial charge >= 0.3 is 0 Å². The van der Waals surface area contributed by atoms with Gasteiger partial charge in [-0.2, -0.15) is 0 Å². The highest BCUT2D eigenvalue weighted by molar-refractivity contribution is 9.11. The highest BCUT2D eigenvalue weighted by atomic mass is 79.9. The molecule has 1 heterocycles. The molecule has 2 rings (SSSR count). The molecule has 0 saturated carbocycles. The normalized spacial score (nSPS) is 10.7. The van der Waals surface area contributed by atoms with Gasteiger partial charge in [-0.25, -0.2) is 14.4 Å². The fraction of sp³-hybridized carbons (Fsp3) is 0.231. The number of methoxy groups -OCH3 is 1. The molecule has 4 nitrogen and oxygen atoms in total. The van der Waals surface area contributed by atoms with E-state index in [1.54, 1.807) is 20.2 Å². The van der Waals surface area contributed by atoms with Crippen molar-refractivity contribution < 1.29 is 9.13 Å². The average Bonchev–Trinajstić information content (AvgIpc) is 2.44. The third kappa shape index (κ3) is 3.16. The summed E-state index contributed by atoms with van der Waals surface area (Å²) in [6, 6.07) is 4.40. The fourth-order valence-electron chi connectivity index (χ4n) is 1.68. The van der Waals surface area contributed by atoms with Crippen LogP contribution in [0.15, 0.2) is 27.1 Å². The lowest BCUT2D eigenvalue weighted by molar-refractivity contribution is 0.181. The lowest BCUT2D eigenvalue weighted by Crippen LogP contribution is -2.04. The number of halogens is 3. The molecule has 0 unspecified atom stereocenters. The number of benzene rings is 1. The zero-order valence-corrected chi connectivity index (χ0v) is 14.0. The van der Waals surface area contributed by atoms with Gasteiger partial charge in [0.05, 0.1) is 16.8 Å². The first-order valence-electron chi connectivity index (χ1n) is 5.75. The predicted molar refractivity (Wildman–Crippen MR) is 83.1 cm³/mol. The molecule has 0 amide bonds. The molecule has 0 aliphatic carbocycles. The Hall–Kier alpha value is -1.05. The molecule has 0 aliphatic heterocycles. The second-order valence-corrected chi connectivity index (χ2v) is 5.61. The van der Waals surface area contributed by atoms with Crippen LogP contribution in [0.2, 0.25) is 0 Å². The molecular weight excluding hydrogens is 393 g/mol. The summed E-state index contributed by atoms with van der Waals surface area (Å²) in [4.78, 5) is 8.81. The lowest BCUT2D eigenvalue weighted by Gasteiger charge is -2.11. The van der Waals surface area contributed by atoms with Gasteiger partial charge in [0.25, 0.3) is 0 Å². The summed E-state index contributed by atoms with van der Waals surface area (Å²) in [5.74, 6) is 0.711. The maximum Gasteiger partial charge on any atom is 0.163 e. The molecule has 1 aromatic carbocycles. The van der Waals surface area contributed by atoms with E-state index in [1.807, 2.05) is 0 Å². The lowest BCUT2D eigenvalue weighted by atomic mass is 10.2. The summed E-state index contributed by atoms with van der Waals surface area (Å²) in [6.07, 6.45) is 0. The third-order valence-electron chi connectivity index (χ3n) is 2.61. The van der Waals surface area contributed by atoms with Gasteiger partial charge in [-0.3, -0.25) is 0 Å². The van der Waals surface area contributed by atoms with Gasteiger partial charge in [-0.1, -0.05) is 15.9 Å². The molecule has 2 aromatic rings. The van der Waals surface area contributed by atoms with E-state index >= 15 is 0 Å². The number of hydrogen-bond acceptors (Lipinski definition) is 4. The summed E-state index contributed by atoms with van der Waals surface area (Å²) in [5.41, 5.74) is 1.28. The van der Waals surface area contributed by atoms with Crippen molar-refractivity contribution in [2.75, 3.05) is 19.5 Å². The molecule has 0 bridgehead atoms. The van der Waals surface area contributed by atoms with E-state index in [1.165, 1.54) is 12.1 Å². The van der Waals surface area contributed by atoms with Crippen LogP contribution in [0, 0.1) is 5.82 Å². The number of nitrogens with zero attached hydrogens (tertiary/aromatic N) is 2. The Morgan fingerprint density at radius 3 is 2.70 bits per heavy atom. The van der Waals surface area contributed by atoms with Crippen molar-refractivity contribution in [3.05, 3.63) is 38.7 Å². The zero-order valence-electron chi connectivity index (χ0n) is 10.9. The second kappa shape index (κ2) is 6.60. The smallest absolute Gasteiger partial charge is 0.163 e. The first-order chi connectivity index (χ1) is 9.56. The minimum Gasteiger partial charge on any atom is -0.378 e. The SMILES string of the molecule is CNc1nc(-c2cc(F)ccc2Br)nc(COC)c1Br. The highest BCUT2D eigenvalue weighted by Crippen LogP contribution is 2.31. The standard InChI is InChI=1S/C13H12Br2FN3O/c1-17-13-11(15)10(6-20-2)18-12(19-13)8-5-7(16)3-4-9(8)14/h3-5H,6H2,1-2H3,(H,17,18,19). The fourth-order valence-corrected chi connectivity index (χ4v) is 2.59. The molecule has 0 atom stereocenters. The number of hydrogen-bond donors (Lipinski definition) is 1. The first kappa shape index (κ1) is 15.3. The maximum absolute atomic E-state index is 13.4. The Morgan fingerprint density at radius 1 is 1.30 bits per heavy atom. The van der Waals surface area contributed by atoms with Crippen LogP contribution >= 0.6 is 31.9 Å². The zero-order chi connectivity index (χ0) is 14.7. The van der Waals surface area contributed by atoms with Crippen molar-refractivity contribution in [2.24, 2.45) is 0 Å². The van der Waals surface area contributed by atoms with Crippen LogP contribution in [0.3, 0.4) is 0 Å². The quantitative estimate of drug-likeness (QED) is 0.836. The average molecular weight is 405 g/mol. The number of ether oxygens (including phenoxy) is 1. The number of rotatable bonds is 4. The van der Waals surface area contributed by atoms with Crippen LogP contribution < -0.4 is 5.32 Å². The number of anilines is 1. The van der Waals surface area contributed by atoms with E-state index in [9.17, 15) is 4.39 Å². The van der Waals surface area contributed by atoms with E-state index in [2.05, 4.69) is 47.1 Å². The van der Waals surface area contributed by atoms with Crippen molar-refractivity contribution in [3.8, 4) is 11.4 Å². The number of aromatic nitrogens is 2. The molecule has 0 fully saturated rings. The van der Waals surface area contributed by atoms with Crippen LogP contribution in [0.25, 0.3) is 11.4 Å². The van der Waals surface area contributed by atoms with Crippen molar-refractivity contribution in [1.82, 2.24) is 9.97 Å². The van der Waals surface area contributed by atoms with E-state index in [0.717, 1.165) is 8.95 Å². The van der Waals surface area contributed by atoms with Gasteiger partial charge < -0.3 is 10.1 Å². The Labute approximate surface area is 133 Å². The first-order valence-corrected chi connectivity index (χ1v) is 7.34. The summed E-state index contributed by atoms with van der Waals surface area (Å²) in [6.45, 7) is 0.331. The van der Waals surface area contributed by atoms with Crippen LogP contribution in [0.4, 0.5) is 10.2 Å². The molecule has 0 aliphatic rings. The van der Waals surface area contributed by atoms with Crippen molar-refractivity contribution in [2.45, 2.75) is 6.61 Å². The molecule has 0 radical (unpaired) electrons. The van der Waals surface area contributed by atoms with Gasteiger partial charge in [0.2, 0.25) is 0 Å². The van der Waals surface area contributed by atoms with Gasteiger partial charge in [0, 0.05) is 24.2 Å². The molecule has 0 saturated heterocycles. The van der Waals surface area contributed by atoms with E-state index in [0.29, 0.717) is 29.5 Å². The van der Waals surface area contributed by atoms with E-state index in [-0.39, 0.29) is 5.82 Å². The summed E-state index contributed by atoms with van der Waals surface area (Å²) < 4.78 is 20.0. The predicted octanol–water partition coefficient (Wildman–Crippen LogP) is 4.00. The highest BCUT2D eigenvalue weighted by Gasteiger charge is 2.15. The van der Waals surface area contributed by atoms with Crippen molar-refractivity contribution in [1.29, 1.82) is 0 Å². The minimum absolute atomic E-state index is 0.331. The third-order valence-corrected chi connectivity index (χ3v) is 4.13. The maximum atomic E-state index is 13.4. The molecule has 7 heteroatoms. The van der Waals surface area contributed by atoms with E-state index < -0.39 is 0 Å². The Balaban J connectivity index is 2.61. The van der Waals surface area contributed by atoms with Crippen LogP contribution in [-0.2, 0) is 11.3 Å². The van der Waals surface area contributed by atoms with Crippen LogP contribution in [0.1, 0.15) is 5.69 Å². The van der Waals surface area contributed by atoms with Gasteiger partial charge in [-0.15, -0.1) is 0 Å². The summed E-state index contributed by atoms with van der Waals surface area (Å²) in [5, 5.41) is 2.98. The molecule has 1 aromatic heterocycles. The molecule has 1 N–H and O–H groups in total. The van der Waals surface area contributed by atoms with Crippen LogP contribution in [0.5, 0.6) is 0 Å². The Kier molecular flexibility index (Phi) is 5.06. The summed E-state index contributed by atoms with van der Waals surface area (Å²) >= 11 is 6.81. The molecular formula is C13H12Br2FN3O. The van der Waals surface area contributed by atoms with Crippen molar-refractivity contribution >= 4 is 37.7 Å². The molecule has 20 heavy (non-hydrogen) atoms. The van der Waals surface area contributed by atoms with Gasteiger partial charge in [0.1, 0.15) is 11.6 Å². The van der Waals surface area contributed by atoms with Crippen LogP contribution in [-0.4, -0.2) is 24.1 Å². The topological polar surface area (TPSA) is 47.0 Å². The Morgan fingerprint density at radius 2 is 2.05 bits per heavy atom. The largest absolute Gasteiger partial charge is 0.378 e.